The Bertz CT molecular complexity index is 130. The molecule has 2 nitrogen and oxygen atoms in total. The van der Waals surface area contributed by atoms with Gasteiger partial charge in [-0.25, -0.2) is 0 Å². The second-order valence-electron chi connectivity index (χ2n) is 3.73. The van der Waals surface area contributed by atoms with E-state index < -0.39 is 5.97 Å². The first-order valence-corrected chi connectivity index (χ1v) is 4.18. The van der Waals surface area contributed by atoms with Crippen LogP contribution < -0.4 is 0 Å². The Balaban J connectivity index is 3.82. The summed E-state index contributed by atoms with van der Waals surface area (Å²) in [6.07, 6.45) is 0.994. The van der Waals surface area contributed by atoms with Crippen LogP contribution in [0.2, 0.25) is 0 Å². The summed E-state index contributed by atoms with van der Waals surface area (Å²) in [5.74, 6) is -0.0187. The molecular weight excluding hydrogens is 140 g/mol. The van der Waals surface area contributed by atoms with E-state index in [1.165, 1.54) is 0 Å². The molecule has 0 amide bonds. The summed E-state index contributed by atoms with van der Waals surface area (Å²) < 4.78 is 0. The van der Waals surface area contributed by atoms with E-state index in [0.29, 0.717) is 5.92 Å². The van der Waals surface area contributed by atoms with Crippen molar-refractivity contribution in [2.75, 3.05) is 0 Å². The van der Waals surface area contributed by atoms with Crippen LogP contribution in [0, 0.1) is 17.8 Å². The van der Waals surface area contributed by atoms with Crippen LogP contribution in [0.4, 0.5) is 0 Å². The Kier molecular flexibility index (Phi) is 4.16. The van der Waals surface area contributed by atoms with Crippen molar-refractivity contribution in [1.29, 1.82) is 0 Å². The molecule has 0 aromatic heterocycles. The summed E-state index contributed by atoms with van der Waals surface area (Å²) in [6.45, 7) is 8.00. The first-order chi connectivity index (χ1) is 4.95. The van der Waals surface area contributed by atoms with Crippen LogP contribution in [0.15, 0.2) is 0 Å². The Labute approximate surface area is 68.6 Å². The molecule has 0 rings (SSSR count). The van der Waals surface area contributed by atoms with Crippen LogP contribution in [-0.4, -0.2) is 11.1 Å². The van der Waals surface area contributed by atoms with Crippen molar-refractivity contribution in [3.63, 3.8) is 0 Å². The monoisotopic (exact) mass is 158 g/mol. The Morgan fingerprint density at radius 2 is 1.73 bits per heavy atom. The molecule has 2 atom stereocenters. The zero-order valence-electron chi connectivity index (χ0n) is 7.79. The number of hydrogen-bond donors (Lipinski definition) is 1. The SMILES string of the molecule is CC(C)C[C@H](C)[C@H](C)C(=O)O. The second kappa shape index (κ2) is 4.37. The molecule has 0 saturated carbocycles. The highest BCUT2D eigenvalue weighted by Gasteiger charge is 2.19. The van der Waals surface area contributed by atoms with Gasteiger partial charge in [-0.15, -0.1) is 0 Å². The van der Waals surface area contributed by atoms with Crippen molar-refractivity contribution in [2.45, 2.75) is 34.1 Å². The van der Waals surface area contributed by atoms with Crippen LogP contribution in [0.3, 0.4) is 0 Å². The van der Waals surface area contributed by atoms with Gasteiger partial charge in [0, 0.05) is 0 Å². The molecule has 0 unspecified atom stereocenters. The van der Waals surface area contributed by atoms with E-state index >= 15 is 0 Å². The molecule has 0 aliphatic heterocycles. The van der Waals surface area contributed by atoms with E-state index in [4.69, 9.17) is 5.11 Å². The predicted octanol–water partition coefficient (Wildman–Crippen LogP) is 2.39. The average molecular weight is 158 g/mol. The van der Waals surface area contributed by atoms with E-state index in [2.05, 4.69) is 13.8 Å². The highest BCUT2D eigenvalue weighted by atomic mass is 16.4. The molecule has 0 radical (unpaired) electrons. The topological polar surface area (TPSA) is 37.3 Å². The van der Waals surface area contributed by atoms with E-state index in [1.54, 1.807) is 6.92 Å². The fourth-order valence-electron chi connectivity index (χ4n) is 1.19. The maximum Gasteiger partial charge on any atom is 0.306 e. The Morgan fingerprint density at radius 3 is 2.00 bits per heavy atom. The summed E-state index contributed by atoms with van der Waals surface area (Å²) in [5, 5.41) is 8.67. The van der Waals surface area contributed by atoms with Crippen LogP contribution in [0.1, 0.15) is 34.1 Å². The lowest BCUT2D eigenvalue weighted by Gasteiger charge is -2.17. The van der Waals surface area contributed by atoms with Gasteiger partial charge in [0.15, 0.2) is 0 Å². The first-order valence-electron chi connectivity index (χ1n) is 4.18. The van der Waals surface area contributed by atoms with Gasteiger partial charge in [-0.05, 0) is 18.3 Å². The number of carboxylic acids is 1. The minimum Gasteiger partial charge on any atom is -0.481 e. The van der Waals surface area contributed by atoms with Crippen molar-refractivity contribution >= 4 is 5.97 Å². The van der Waals surface area contributed by atoms with Crippen LogP contribution >= 0.6 is 0 Å². The third kappa shape index (κ3) is 4.02. The van der Waals surface area contributed by atoms with Crippen LogP contribution in [-0.2, 0) is 4.79 Å². The lowest BCUT2D eigenvalue weighted by Crippen LogP contribution is -2.19. The molecule has 0 aliphatic carbocycles. The van der Waals surface area contributed by atoms with Gasteiger partial charge in [0.05, 0.1) is 5.92 Å². The van der Waals surface area contributed by atoms with Gasteiger partial charge in [0.1, 0.15) is 0 Å². The standard InChI is InChI=1S/C9H18O2/c1-6(2)5-7(3)8(4)9(10)11/h6-8H,5H2,1-4H3,(H,10,11)/t7-,8-/m0/s1. The summed E-state index contributed by atoms with van der Waals surface area (Å²) >= 11 is 0. The maximum absolute atomic E-state index is 10.5. The fraction of sp³-hybridized carbons (Fsp3) is 0.889. The van der Waals surface area contributed by atoms with E-state index in [1.807, 2.05) is 6.92 Å². The van der Waals surface area contributed by atoms with Gasteiger partial charge in [-0.1, -0.05) is 27.7 Å². The number of hydrogen-bond acceptors (Lipinski definition) is 1. The Morgan fingerprint density at radius 1 is 1.27 bits per heavy atom. The molecule has 0 aromatic carbocycles. The number of carboxylic acid groups (broad SMARTS) is 1. The molecule has 1 N–H and O–H groups in total. The molecule has 0 spiro atoms. The molecule has 66 valence electrons. The quantitative estimate of drug-likeness (QED) is 0.682. The predicted molar refractivity (Wildman–Crippen MR) is 45.4 cm³/mol. The normalized spacial score (nSPS) is 16.5. The number of aliphatic carboxylic acids is 1. The minimum atomic E-state index is -0.682. The summed E-state index contributed by atoms with van der Waals surface area (Å²) in [4.78, 5) is 10.5. The maximum atomic E-state index is 10.5. The third-order valence-corrected chi connectivity index (χ3v) is 2.09. The van der Waals surface area contributed by atoms with E-state index in [9.17, 15) is 4.79 Å². The lowest BCUT2D eigenvalue weighted by molar-refractivity contribution is -0.142. The Hall–Kier alpha value is -0.530. The first kappa shape index (κ1) is 10.5. The molecule has 2 heteroatoms. The molecule has 0 saturated heterocycles. The molecular formula is C9H18O2. The largest absolute Gasteiger partial charge is 0.481 e. The fourth-order valence-corrected chi connectivity index (χ4v) is 1.19. The molecule has 0 aromatic rings. The van der Waals surface area contributed by atoms with Crippen molar-refractivity contribution in [1.82, 2.24) is 0 Å². The summed E-state index contributed by atoms with van der Waals surface area (Å²) in [7, 11) is 0. The van der Waals surface area contributed by atoms with Gasteiger partial charge in [0.2, 0.25) is 0 Å². The average Bonchev–Trinajstić information content (AvgIpc) is 1.84. The smallest absolute Gasteiger partial charge is 0.306 e. The van der Waals surface area contributed by atoms with E-state index in [-0.39, 0.29) is 11.8 Å². The van der Waals surface area contributed by atoms with Crippen LogP contribution in [0.25, 0.3) is 0 Å². The van der Waals surface area contributed by atoms with Crippen molar-refractivity contribution in [3.8, 4) is 0 Å². The summed E-state index contributed by atoms with van der Waals surface area (Å²) in [6, 6.07) is 0. The molecule has 0 aliphatic rings. The van der Waals surface area contributed by atoms with Gasteiger partial charge < -0.3 is 5.11 Å². The van der Waals surface area contributed by atoms with Crippen LogP contribution in [0.5, 0.6) is 0 Å². The van der Waals surface area contributed by atoms with E-state index in [0.717, 1.165) is 6.42 Å². The zero-order chi connectivity index (χ0) is 9.02. The van der Waals surface area contributed by atoms with Gasteiger partial charge in [0.25, 0.3) is 0 Å². The molecule has 0 bridgehead atoms. The molecule has 0 heterocycles. The highest BCUT2D eigenvalue weighted by molar-refractivity contribution is 5.69. The van der Waals surface area contributed by atoms with Gasteiger partial charge in [-0.2, -0.15) is 0 Å². The van der Waals surface area contributed by atoms with Gasteiger partial charge >= 0.3 is 5.97 Å². The third-order valence-electron chi connectivity index (χ3n) is 2.09. The minimum absolute atomic E-state index is 0.211. The van der Waals surface area contributed by atoms with Gasteiger partial charge in [-0.3, -0.25) is 4.79 Å². The number of rotatable bonds is 4. The second-order valence-corrected chi connectivity index (χ2v) is 3.73. The molecule has 0 fully saturated rings. The lowest BCUT2D eigenvalue weighted by atomic mass is 9.88. The number of carbonyl (C=O) groups is 1. The molecule has 11 heavy (non-hydrogen) atoms. The van der Waals surface area contributed by atoms with Crippen molar-refractivity contribution in [3.05, 3.63) is 0 Å². The van der Waals surface area contributed by atoms with Crippen molar-refractivity contribution < 1.29 is 9.90 Å². The van der Waals surface area contributed by atoms with Crippen molar-refractivity contribution in [2.24, 2.45) is 17.8 Å². The highest BCUT2D eigenvalue weighted by Crippen LogP contribution is 2.19. The summed E-state index contributed by atoms with van der Waals surface area (Å²) in [5.41, 5.74) is 0. The zero-order valence-corrected chi connectivity index (χ0v) is 7.79.